The average Bonchev–Trinajstić information content (AvgIpc) is 2.68. The molecule has 1 aliphatic rings. The van der Waals surface area contributed by atoms with E-state index in [9.17, 15) is 18.0 Å². The molecule has 1 aromatic carbocycles. The van der Waals surface area contributed by atoms with E-state index in [0.29, 0.717) is 32.2 Å². The summed E-state index contributed by atoms with van der Waals surface area (Å²) < 4.78 is 26.0. The maximum absolute atomic E-state index is 12.7. The van der Waals surface area contributed by atoms with Gasteiger partial charge in [-0.2, -0.15) is 0 Å². The van der Waals surface area contributed by atoms with E-state index in [2.05, 4.69) is 10.6 Å². The van der Waals surface area contributed by atoms with Crippen LogP contribution < -0.4 is 10.6 Å². The van der Waals surface area contributed by atoms with Crippen LogP contribution in [0.5, 0.6) is 0 Å². The molecule has 2 rings (SSSR count). The second kappa shape index (κ2) is 10.0. The van der Waals surface area contributed by atoms with Gasteiger partial charge in [-0.15, -0.1) is 0 Å². The van der Waals surface area contributed by atoms with Crippen LogP contribution in [-0.2, 0) is 19.6 Å². The number of hydrogen-bond acceptors (Lipinski definition) is 4. The number of amides is 2. The number of piperidine rings is 1. The van der Waals surface area contributed by atoms with Gasteiger partial charge in [0.25, 0.3) is 0 Å². The van der Waals surface area contributed by atoms with Crippen LogP contribution in [0, 0.1) is 5.92 Å². The largest absolute Gasteiger partial charge is 0.349 e. The molecule has 0 saturated carbocycles. The van der Waals surface area contributed by atoms with Gasteiger partial charge in [0.05, 0.1) is 17.7 Å². The lowest BCUT2D eigenvalue weighted by Gasteiger charge is -2.31. The van der Waals surface area contributed by atoms with Gasteiger partial charge in [0.15, 0.2) is 0 Å². The number of anilines is 1. The van der Waals surface area contributed by atoms with Crippen LogP contribution in [0.15, 0.2) is 24.3 Å². The topological polar surface area (TPSA) is 95.6 Å². The molecule has 2 unspecified atom stereocenters. The number of nitrogens with zero attached hydrogens (tertiary/aromatic N) is 1. The minimum atomic E-state index is -3.28. The molecule has 0 spiro atoms. The monoisotopic (exact) mass is 409 g/mol. The SMILES string of the molecule is CCCS(=O)(=O)N1CCCC(C(=O)NC(C)c2ccc(NC(=O)CC)cc2)C1. The van der Waals surface area contributed by atoms with Gasteiger partial charge in [-0.3, -0.25) is 9.59 Å². The Hall–Kier alpha value is -1.93. The molecular weight excluding hydrogens is 378 g/mol. The summed E-state index contributed by atoms with van der Waals surface area (Å²) in [5.41, 5.74) is 1.65. The van der Waals surface area contributed by atoms with Crippen LogP contribution in [0.1, 0.15) is 58.1 Å². The third-order valence-electron chi connectivity index (χ3n) is 4.98. The number of hydrogen-bond donors (Lipinski definition) is 2. The quantitative estimate of drug-likeness (QED) is 0.690. The Labute approximate surface area is 167 Å². The van der Waals surface area contributed by atoms with Gasteiger partial charge in [-0.05, 0) is 43.9 Å². The van der Waals surface area contributed by atoms with Crippen molar-refractivity contribution in [2.24, 2.45) is 5.92 Å². The normalized spacial score (nSPS) is 19.0. The van der Waals surface area contributed by atoms with E-state index in [4.69, 9.17) is 0 Å². The summed E-state index contributed by atoms with van der Waals surface area (Å²) in [5, 5.41) is 5.78. The van der Waals surface area contributed by atoms with E-state index < -0.39 is 10.0 Å². The minimum absolute atomic E-state index is 0.0472. The van der Waals surface area contributed by atoms with Gasteiger partial charge < -0.3 is 10.6 Å². The smallest absolute Gasteiger partial charge is 0.224 e. The number of nitrogens with one attached hydrogen (secondary N) is 2. The van der Waals surface area contributed by atoms with E-state index in [1.807, 2.05) is 38.1 Å². The Morgan fingerprint density at radius 2 is 1.89 bits per heavy atom. The van der Waals surface area contributed by atoms with Crippen LogP contribution in [-0.4, -0.2) is 43.4 Å². The standard InChI is InChI=1S/C20H31N3O4S/c1-4-13-28(26,27)23-12-6-7-17(14-23)20(25)21-15(3)16-8-10-18(11-9-16)22-19(24)5-2/h8-11,15,17H,4-7,12-14H2,1-3H3,(H,21,25)(H,22,24). The van der Waals surface area contributed by atoms with Crippen LogP contribution >= 0.6 is 0 Å². The molecule has 2 atom stereocenters. The molecule has 1 aliphatic heterocycles. The summed E-state index contributed by atoms with van der Waals surface area (Å²) in [7, 11) is -3.28. The highest BCUT2D eigenvalue weighted by atomic mass is 32.2. The zero-order chi connectivity index (χ0) is 20.7. The first-order chi connectivity index (χ1) is 13.3. The Balaban J connectivity index is 1.95. The Kier molecular flexibility index (Phi) is 8.00. The molecule has 1 aromatic rings. The van der Waals surface area contributed by atoms with Crippen LogP contribution in [0.3, 0.4) is 0 Å². The number of carbonyl (C=O) groups excluding carboxylic acids is 2. The number of benzene rings is 1. The molecular formula is C20H31N3O4S. The van der Waals surface area contributed by atoms with Crippen molar-refractivity contribution >= 4 is 27.5 Å². The highest BCUT2D eigenvalue weighted by Gasteiger charge is 2.32. The second-order valence-corrected chi connectivity index (χ2v) is 9.36. The third-order valence-corrected chi connectivity index (χ3v) is 7.03. The van der Waals surface area contributed by atoms with Crippen molar-refractivity contribution in [3.05, 3.63) is 29.8 Å². The number of carbonyl (C=O) groups is 2. The maximum atomic E-state index is 12.7. The molecule has 0 aliphatic carbocycles. The molecule has 2 amide bonds. The minimum Gasteiger partial charge on any atom is -0.349 e. The average molecular weight is 410 g/mol. The summed E-state index contributed by atoms with van der Waals surface area (Å²) in [6.07, 6.45) is 2.38. The first-order valence-electron chi connectivity index (χ1n) is 9.94. The lowest BCUT2D eigenvalue weighted by Crippen LogP contribution is -2.46. The molecule has 1 saturated heterocycles. The zero-order valence-corrected chi connectivity index (χ0v) is 17.7. The molecule has 1 heterocycles. The van der Waals surface area contributed by atoms with Gasteiger partial charge >= 0.3 is 0 Å². The van der Waals surface area contributed by atoms with E-state index in [1.165, 1.54) is 4.31 Å². The molecule has 7 nitrogen and oxygen atoms in total. The molecule has 0 aromatic heterocycles. The van der Waals surface area contributed by atoms with Crippen molar-refractivity contribution in [2.75, 3.05) is 24.2 Å². The fourth-order valence-corrected chi connectivity index (χ4v) is 4.90. The van der Waals surface area contributed by atoms with Gasteiger partial charge in [-0.1, -0.05) is 26.0 Å². The van der Waals surface area contributed by atoms with Gasteiger partial charge in [0.1, 0.15) is 0 Å². The van der Waals surface area contributed by atoms with E-state index in [1.54, 1.807) is 6.92 Å². The molecule has 2 N–H and O–H groups in total. The summed E-state index contributed by atoms with van der Waals surface area (Å²) in [6, 6.07) is 7.16. The van der Waals surface area contributed by atoms with Crippen LogP contribution in [0.25, 0.3) is 0 Å². The van der Waals surface area contributed by atoms with Crippen molar-refractivity contribution in [1.82, 2.24) is 9.62 Å². The maximum Gasteiger partial charge on any atom is 0.224 e. The van der Waals surface area contributed by atoms with Crippen molar-refractivity contribution in [1.29, 1.82) is 0 Å². The van der Waals surface area contributed by atoms with Gasteiger partial charge in [0.2, 0.25) is 21.8 Å². The zero-order valence-electron chi connectivity index (χ0n) is 16.9. The second-order valence-electron chi connectivity index (χ2n) is 7.27. The fraction of sp³-hybridized carbons (Fsp3) is 0.600. The predicted molar refractivity (Wildman–Crippen MR) is 110 cm³/mol. The number of sulfonamides is 1. The molecule has 156 valence electrons. The predicted octanol–water partition coefficient (Wildman–Crippen LogP) is 2.66. The summed E-state index contributed by atoms with van der Waals surface area (Å²) in [6.45, 7) is 6.27. The first-order valence-corrected chi connectivity index (χ1v) is 11.6. The summed E-state index contributed by atoms with van der Waals surface area (Å²) >= 11 is 0. The Morgan fingerprint density at radius 1 is 1.21 bits per heavy atom. The third kappa shape index (κ3) is 6.04. The van der Waals surface area contributed by atoms with Crippen LogP contribution in [0.4, 0.5) is 5.69 Å². The van der Waals surface area contributed by atoms with Gasteiger partial charge in [0, 0.05) is 25.2 Å². The first kappa shape index (κ1) is 22.4. The van der Waals surface area contributed by atoms with Crippen molar-refractivity contribution in [2.45, 2.75) is 52.5 Å². The highest BCUT2D eigenvalue weighted by Crippen LogP contribution is 2.22. The van der Waals surface area contributed by atoms with Crippen molar-refractivity contribution in [3.63, 3.8) is 0 Å². The molecule has 0 bridgehead atoms. The lowest BCUT2D eigenvalue weighted by molar-refractivity contribution is -0.126. The molecule has 0 radical (unpaired) electrons. The molecule has 28 heavy (non-hydrogen) atoms. The van der Waals surface area contributed by atoms with Crippen molar-refractivity contribution < 1.29 is 18.0 Å². The molecule has 8 heteroatoms. The highest BCUT2D eigenvalue weighted by molar-refractivity contribution is 7.89. The van der Waals surface area contributed by atoms with E-state index >= 15 is 0 Å². The van der Waals surface area contributed by atoms with Crippen molar-refractivity contribution in [3.8, 4) is 0 Å². The fourth-order valence-electron chi connectivity index (χ4n) is 3.32. The van der Waals surface area contributed by atoms with E-state index in [0.717, 1.165) is 11.3 Å². The van der Waals surface area contributed by atoms with E-state index in [-0.39, 0.29) is 36.1 Å². The van der Waals surface area contributed by atoms with Gasteiger partial charge in [-0.25, -0.2) is 12.7 Å². The Bertz CT molecular complexity index is 777. The Morgan fingerprint density at radius 3 is 2.50 bits per heavy atom. The van der Waals surface area contributed by atoms with Crippen LogP contribution in [0.2, 0.25) is 0 Å². The summed E-state index contributed by atoms with van der Waals surface area (Å²) in [5.74, 6) is -0.370. The molecule has 1 fully saturated rings. The number of rotatable bonds is 8. The lowest BCUT2D eigenvalue weighted by atomic mass is 9.98. The summed E-state index contributed by atoms with van der Waals surface area (Å²) in [4.78, 5) is 24.1.